The molecule has 3 heterocycles. The Bertz CT molecular complexity index is 1210. The van der Waals surface area contributed by atoms with Crippen molar-refractivity contribution in [1.29, 1.82) is 0 Å². The quantitative estimate of drug-likeness (QED) is 0.629. The lowest BCUT2D eigenvalue weighted by Gasteiger charge is -2.40. The Morgan fingerprint density at radius 3 is 2.45 bits per heavy atom. The number of carbonyl (C=O) groups is 2. The number of amides is 3. The van der Waals surface area contributed by atoms with Crippen LogP contribution in [0.3, 0.4) is 0 Å². The van der Waals surface area contributed by atoms with E-state index >= 15 is 0 Å². The number of nitrogens with zero attached hydrogens (tertiary/aromatic N) is 6. The molecular formula is C22H21ClN6O2. The second-order valence-electron chi connectivity index (χ2n) is 7.88. The Kier molecular flexibility index (Phi) is 4.48. The van der Waals surface area contributed by atoms with Gasteiger partial charge in [-0.05, 0) is 30.2 Å². The molecule has 2 aromatic carbocycles. The molecule has 0 bridgehead atoms. The molecule has 1 aromatic heterocycles. The van der Waals surface area contributed by atoms with Gasteiger partial charge >= 0.3 is 6.03 Å². The fraction of sp³-hybridized carbons (Fsp3) is 0.273. The number of aromatic nitrogens is 3. The number of fused-ring (bicyclic) bond motifs is 3. The van der Waals surface area contributed by atoms with Crippen LogP contribution in [0.1, 0.15) is 17.3 Å². The van der Waals surface area contributed by atoms with E-state index in [1.165, 1.54) is 11.9 Å². The SMILES string of the molecule is Cc1ccccc1CN1c2nnc(-c3ccccc3Cl)n2C2C1C(=O)N(C)C(=O)N2C. The lowest BCUT2D eigenvalue weighted by molar-refractivity contribution is -0.133. The first-order valence-electron chi connectivity index (χ1n) is 9.95. The number of urea groups is 1. The van der Waals surface area contributed by atoms with Gasteiger partial charge in [0.05, 0.1) is 5.02 Å². The van der Waals surface area contributed by atoms with E-state index in [1.807, 2.05) is 58.9 Å². The highest BCUT2D eigenvalue weighted by Crippen LogP contribution is 2.43. The van der Waals surface area contributed by atoms with Crippen molar-refractivity contribution in [3.63, 3.8) is 0 Å². The van der Waals surface area contributed by atoms with Gasteiger partial charge < -0.3 is 9.80 Å². The molecule has 2 unspecified atom stereocenters. The zero-order chi connectivity index (χ0) is 21.9. The van der Waals surface area contributed by atoms with Crippen molar-refractivity contribution in [3.8, 4) is 11.4 Å². The first-order chi connectivity index (χ1) is 14.9. The molecule has 9 heteroatoms. The normalized spacial score (nSPS) is 20.3. The summed E-state index contributed by atoms with van der Waals surface area (Å²) in [5.74, 6) is 0.800. The third kappa shape index (κ3) is 2.82. The summed E-state index contributed by atoms with van der Waals surface area (Å²) in [5.41, 5.74) is 2.89. The molecule has 31 heavy (non-hydrogen) atoms. The van der Waals surface area contributed by atoms with E-state index in [0.29, 0.717) is 28.9 Å². The second kappa shape index (κ2) is 7.09. The predicted molar refractivity (Wildman–Crippen MR) is 117 cm³/mol. The number of likely N-dealkylation sites (N-methyl/N-ethyl adjacent to an activating group) is 2. The van der Waals surface area contributed by atoms with Crippen molar-refractivity contribution in [3.05, 3.63) is 64.7 Å². The molecule has 0 saturated carbocycles. The molecule has 0 aliphatic carbocycles. The van der Waals surface area contributed by atoms with Crippen LogP contribution in [-0.2, 0) is 11.3 Å². The Hall–Kier alpha value is -3.39. The van der Waals surface area contributed by atoms with Crippen molar-refractivity contribution in [2.75, 3.05) is 19.0 Å². The molecule has 2 atom stereocenters. The molecule has 0 spiro atoms. The van der Waals surface area contributed by atoms with Gasteiger partial charge in [0.15, 0.2) is 11.9 Å². The summed E-state index contributed by atoms with van der Waals surface area (Å²) in [6.45, 7) is 2.50. The second-order valence-corrected chi connectivity index (χ2v) is 8.28. The fourth-order valence-corrected chi connectivity index (χ4v) is 4.62. The first kappa shape index (κ1) is 19.6. The van der Waals surface area contributed by atoms with E-state index in [4.69, 9.17) is 11.6 Å². The first-order valence-corrected chi connectivity index (χ1v) is 10.3. The minimum atomic E-state index is -0.612. The molecule has 1 fully saturated rings. The highest BCUT2D eigenvalue weighted by Gasteiger charge is 2.54. The number of halogens is 1. The van der Waals surface area contributed by atoms with Crippen LogP contribution in [0.15, 0.2) is 48.5 Å². The highest BCUT2D eigenvalue weighted by molar-refractivity contribution is 6.33. The zero-order valence-corrected chi connectivity index (χ0v) is 18.1. The van der Waals surface area contributed by atoms with Crippen molar-refractivity contribution < 1.29 is 9.59 Å². The number of anilines is 1. The van der Waals surface area contributed by atoms with Crippen LogP contribution in [0, 0.1) is 6.92 Å². The largest absolute Gasteiger partial charge is 0.327 e. The number of hydrogen-bond acceptors (Lipinski definition) is 5. The van der Waals surface area contributed by atoms with Gasteiger partial charge in [-0.2, -0.15) is 0 Å². The average molecular weight is 437 g/mol. The number of hydrogen-bond donors (Lipinski definition) is 0. The lowest BCUT2D eigenvalue weighted by atomic mass is 10.1. The van der Waals surface area contributed by atoms with Crippen LogP contribution in [0.4, 0.5) is 10.7 Å². The average Bonchev–Trinajstić information content (AvgIpc) is 3.32. The molecule has 2 aliphatic rings. The maximum atomic E-state index is 13.3. The van der Waals surface area contributed by atoms with Gasteiger partial charge in [-0.1, -0.05) is 48.0 Å². The minimum Gasteiger partial charge on any atom is -0.321 e. The molecule has 3 aromatic rings. The van der Waals surface area contributed by atoms with Crippen LogP contribution in [0.25, 0.3) is 11.4 Å². The summed E-state index contributed by atoms with van der Waals surface area (Å²) in [7, 11) is 3.21. The van der Waals surface area contributed by atoms with E-state index < -0.39 is 12.2 Å². The molecule has 5 rings (SSSR count). The van der Waals surface area contributed by atoms with Crippen LogP contribution in [-0.4, -0.2) is 56.6 Å². The van der Waals surface area contributed by atoms with Gasteiger partial charge in [0.25, 0.3) is 5.91 Å². The summed E-state index contributed by atoms with van der Waals surface area (Å²) in [4.78, 5) is 30.7. The maximum Gasteiger partial charge on any atom is 0.327 e. The Labute approximate surface area is 184 Å². The summed E-state index contributed by atoms with van der Waals surface area (Å²) >= 11 is 6.45. The Morgan fingerprint density at radius 1 is 1.00 bits per heavy atom. The van der Waals surface area contributed by atoms with Crippen LogP contribution >= 0.6 is 11.6 Å². The van der Waals surface area contributed by atoms with Crippen molar-refractivity contribution in [2.24, 2.45) is 0 Å². The molecule has 0 N–H and O–H groups in total. The number of aryl methyl sites for hydroxylation is 1. The lowest BCUT2D eigenvalue weighted by Crippen LogP contribution is -2.61. The number of rotatable bonds is 3. The van der Waals surface area contributed by atoms with Crippen molar-refractivity contribution in [2.45, 2.75) is 25.7 Å². The molecule has 1 saturated heterocycles. The van der Waals surface area contributed by atoms with Gasteiger partial charge in [0.2, 0.25) is 5.95 Å². The predicted octanol–water partition coefficient (Wildman–Crippen LogP) is 3.32. The van der Waals surface area contributed by atoms with E-state index in [9.17, 15) is 9.59 Å². The Morgan fingerprint density at radius 2 is 1.71 bits per heavy atom. The third-order valence-electron chi connectivity index (χ3n) is 6.10. The monoisotopic (exact) mass is 436 g/mol. The minimum absolute atomic E-state index is 0.266. The number of benzene rings is 2. The Balaban J connectivity index is 1.69. The van der Waals surface area contributed by atoms with E-state index in [1.54, 1.807) is 18.0 Å². The van der Waals surface area contributed by atoms with Gasteiger partial charge in [-0.25, -0.2) is 4.79 Å². The van der Waals surface area contributed by atoms with Gasteiger partial charge in [-0.3, -0.25) is 14.3 Å². The summed E-state index contributed by atoms with van der Waals surface area (Å²) in [5, 5.41) is 9.37. The molecule has 0 radical (unpaired) electrons. The molecular weight excluding hydrogens is 416 g/mol. The van der Waals surface area contributed by atoms with Crippen molar-refractivity contribution >= 4 is 29.5 Å². The smallest absolute Gasteiger partial charge is 0.321 e. The number of imide groups is 1. The van der Waals surface area contributed by atoms with E-state index in [0.717, 1.165) is 11.1 Å². The molecule has 2 aliphatic heterocycles. The van der Waals surface area contributed by atoms with Gasteiger partial charge in [0.1, 0.15) is 6.17 Å². The zero-order valence-electron chi connectivity index (χ0n) is 17.4. The standard InChI is InChI=1S/C22H21ClN6O2/c1-13-8-4-5-9-14(13)12-28-17-19(26(2)22(31)27(3)20(17)30)29-18(24-25-21(28)29)15-10-6-7-11-16(15)23/h4-11,17,19H,12H2,1-3H3. The number of carbonyl (C=O) groups excluding carboxylic acids is 2. The highest BCUT2D eigenvalue weighted by atomic mass is 35.5. The fourth-order valence-electron chi connectivity index (χ4n) is 4.40. The third-order valence-corrected chi connectivity index (χ3v) is 6.43. The summed E-state index contributed by atoms with van der Waals surface area (Å²) in [6, 6.07) is 14.4. The summed E-state index contributed by atoms with van der Waals surface area (Å²) in [6.07, 6.45) is -0.573. The van der Waals surface area contributed by atoms with Gasteiger partial charge in [-0.15, -0.1) is 10.2 Å². The molecule has 3 amide bonds. The van der Waals surface area contributed by atoms with Crippen LogP contribution < -0.4 is 4.90 Å². The topological polar surface area (TPSA) is 74.6 Å². The maximum absolute atomic E-state index is 13.3. The van der Waals surface area contributed by atoms with E-state index in [-0.39, 0.29) is 11.9 Å². The van der Waals surface area contributed by atoms with E-state index in [2.05, 4.69) is 10.2 Å². The van der Waals surface area contributed by atoms with Crippen LogP contribution in [0.5, 0.6) is 0 Å². The van der Waals surface area contributed by atoms with Crippen LogP contribution in [0.2, 0.25) is 5.02 Å². The molecule has 8 nitrogen and oxygen atoms in total. The van der Waals surface area contributed by atoms with Crippen molar-refractivity contribution in [1.82, 2.24) is 24.6 Å². The summed E-state index contributed by atoms with van der Waals surface area (Å²) < 4.78 is 1.85. The molecule has 158 valence electrons. The van der Waals surface area contributed by atoms with Gasteiger partial charge in [0, 0.05) is 26.2 Å².